The van der Waals surface area contributed by atoms with E-state index in [0.717, 1.165) is 48.4 Å². The minimum Gasteiger partial charge on any atom is -0.351 e. The molecule has 1 saturated carbocycles. The first-order valence-corrected chi connectivity index (χ1v) is 13.9. The van der Waals surface area contributed by atoms with Crippen LogP contribution >= 0.6 is 0 Å². The third kappa shape index (κ3) is 5.43. The van der Waals surface area contributed by atoms with Gasteiger partial charge in [-0.2, -0.15) is 4.31 Å². The first-order valence-electron chi connectivity index (χ1n) is 12.5. The van der Waals surface area contributed by atoms with Crippen LogP contribution in [0.2, 0.25) is 0 Å². The summed E-state index contributed by atoms with van der Waals surface area (Å²) in [6.07, 6.45) is 7.42. The summed E-state index contributed by atoms with van der Waals surface area (Å²) in [5.41, 5.74) is 0.231. The molecule has 0 bridgehead atoms. The van der Waals surface area contributed by atoms with E-state index in [9.17, 15) is 18.0 Å². The number of carbonyl (C=O) groups excluding carboxylic acids is 2. The third-order valence-electron chi connectivity index (χ3n) is 7.14. The molecule has 0 spiro atoms. The molecule has 1 atom stereocenters. The molecule has 7 nitrogen and oxygen atoms in total. The van der Waals surface area contributed by atoms with Crippen molar-refractivity contribution in [2.24, 2.45) is 0 Å². The van der Waals surface area contributed by atoms with Crippen LogP contribution in [0.3, 0.4) is 0 Å². The minimum absolute atomic E-state index is 0.0238. The van der Waals surface area contributed by atoms with Gasteiger partial charge in [0.2, 0.25) is 21.8 Å². The van der Waals surface area contributed by atoms with Gasteiger partial charge in [0.25, 0.3) is 0 Å². The second kappa shape index (κ2) is 10.5. The summed E-state index contributed by atoms with van der Waals surface area (Å²) < 4.78 is 28.0. The highest BCUT2D eigenvalue weighted by Gasteiger charge is 2.51. The average Bonchev–Trinajstić information content (AvgIpc) is 2.82. The molecule has 1 N–H and O–H groups in total. The zero-order chi connectivity index (χ0) is 25.1. The molecule has 2 aromatic rings. The summed E-state index contributed by atoms with van der Waals surface area (Å²) in [7, 11) is -3.95. The van der Waals surface area contributed by atoms with Crippen molar-refractivity contribution in [1.29, 1.82) is 0 Å². The van der Waals surface area contributed by atoms with Crippen LogP contribution in [-0.2, 0) is 19.6 Å². The zero-order valence-corrected chi connectivity index (χ0v) is 21.4. The first kappa shape index (κ1) is 25.4. The Bertz CT molecular complexity index is 1140. The summed E-state index contributed by atoms with van der Waals surface area (Å²) in [6.45, 7) is 3.19. The van der Waals surface area contributed by atoms with Crippen LogP contribution < -0.4 is 10.2 Å². The maximum Gasteiger partial charge on any atom is 0.247 e. The number of nitrogens with zero attached hydrogens (tertiary/aromatic N) is 2. The van der Waals surface area contributed by atoms with Crippen LogP contribution in [0, 0.1) is 6.92 Å². The van der Waals surface area contributed by atoms with Crippen LogP contribution in [0.5, 0.6) is 0 Å². The lowest BCUT2D eigenvalue weighted by atomic mass is 9.92. The lowest BCUT2D eigenvalue weighted by Gasteiger charge is -2.47. The van der Waals surface area contributed by atoms with Gasteiger partial charge in [0.05, 0.1) is 11.4 Å². The molecule has 35 heavy (non-hydrogen) atoms. The fourth-order valence-electron chi connectivity index (χ4n) is 5.12. The largest absolute Gasteiger partial charge is 0.351 e. The number of benzene rings is 2. The number of hydrogen-bond donors (Lipinski definition) is 1. The Hall–Kier alpha value is -2.71. The Balaban J connectivity index is 1.69. The molecule has 188 valence electrons. The van der Waals surface area contributed by atoms with Gasteiger partial charge in [0.15, 0.2) is 0 Å². The lowest BCUT2D eigenvalue weighted by molar-refractivity contribution is -0.133. The number of rotatable bonds is 5. The molecule has 0 aromatic heterocycles. The minimum atomic E-state index is -3.95. The monoisotopic (exact) mass is 497 g/mol. The summed E-state index contributed by atoms with van der Waals surface area (Å²) in [5, 5.41) is 3.19. The Morgan fingerprint density at radius 1 is 0.943 bits per heavy atom. The van der Waals surface area contributed by atoms with Gasteiger partial charge < -0.3 is 5.32 Å². The number of piperazine rings is 1. The van der Waals surface area contributed by atoms with E-state index in [1.807, 2.05) is 31.2 Å². The number of hydrogen-bond acceptors (Lipinski definition) is 4. The normalized spacial score (nSPS) is 22.9. The van der Waals surface area contributed by atoms with Crippen molar-refractivity contribution >= 4 is 27.5 Å². The van der Waals surface area contributed by atoms with Gasteiger partial charge >= 0.3 is 0 Å². The molecule has 0 radical (unpaired) electrons. The van der Waals surface area contributed by atoms with Crippen molar-refractivity contribution in [2.45, 2.75) is 75.3 Å². The molecule has 4 rings (SSSR count). The van der Waals surface area contributed by atoms with Crippen molar-refractivity contribution in [2.75, 3.05) is 18.0 Å². The Kier molecular flexibility index (Phi) is 7.62. The van der Waals surface area contributed by atoms with Crippen LogP contribution in [0.25, 0.3) is 0 Å². The van der Waals surface area contributed by atoms with E-state index in [1.165, 1.54) is 23.5 Å². The summed E-state index contributed by atoms with van der Waals surface area (Å²) in [4.78, 5) is 29.0. The Morgan fingerprint density at radius 3 is 2.17 bits per heavy atom. The highest BCUT2D eigenvalue weighted by molar-refractivity contribution is 7.89. The summed E-state index contributed by atoms with van der Waals surface area (Å²) >= 11 is 0. The second-order valence-electron chi connectivity index (χ2n) is 9.94. The standard InChI is InChI=1S/C27H35N3O4S/c1-21-15-17-23(18-16-21)30-25(31)19-29(35(33,34)24-13-9-6-10-14-24)20-27(30,2)26(32)28-22-11-7-4-3-5-8-12-22/h6,9-10,13-18,22H,3-5,7-8,11-12,19-20H2,1-2H3,(H,28,32)/t27-/m0/s1. The molecule has 2 aliphatic rings. The smallest absolute Gasteiger partial charge is 0.247 e. The van der Waals surface area contributed by atoms with E-state index in [4.69, 9.17) is 0 Å². The zero-order valence-electron chi connectivity index (χ0n) is 20.6. The predicted octanol–water partition coefficient (Wildman–Crippen LogP) is 4.02. The van der Waals surface area contributed by atoms with Gasteiger partial charge in [-0.1, -0.05) is 68.0 Å². The maximum atomic E-state index is 13.9. The number of aryl methyl sites for hydroxylation is 1. The van der Waals surface area contributed by atoms with Gasteiger partial charge in [-0.05, 0) is 51.0 Å². The molecule has 1 aliphatic heterocycles. The fraction of sp³-hybridized carbons (Fsp3) is 0.481. The predicted molar refractivity (Wildman–Crippen MR) is 137 cm³/mol. The van der Waals surface area contributed by atoms with Crippen LogP contribution in [0.4, 0.5) is 5.69 Å². The van der Waals surface area contributed by atoms with Gasteiger partial charge in [-0.3, -0.25) is 14.5 Å². The van der Waals surface area contributed by atoms with E-state index in [1.54, 1.807) is 25.1 Å². The van der Waals surface area contributed by atoms with Crippen molar-refractivity contribution in [1.82, 2.24) is 9.62 Å². The number of sulfonamides is 1. The third-order valence-corrected chi connectivity index (χ3v) is 8.95. The van der Waals surface area contributed by atoms with Crippen molar-refractivity contribution in [3.63, 3.8) is 0 Å². The van der Waals surface area contributed by atoms with E-state index in [-0.39, 0.29) is 29.9 Å². The van der Waals surface area contributed by atoms with Gasteiger partial charge in [-0.25, -0.2) is 8.42 Å². The SMILES string of the molecule is Cc1ccc(N2C(=O)CN(S(=O)(=O)c3ccccc3)C[C@@]2(C)C(=O)NC2CCCCCCC2)cc1. The fourth-order valence-corrected chi connectivity index (χ4v) is 6.62. The summed E-state index contributed by atoms with van der Waals surface area (Å²) in [6, 6.07) is 15.5. The molecule has 2 fully saturated rings. The first-order chi connectivity index (χ1) is 16.7. The second-order valence-corrected chi connectivity index (χ2v) is 11.9. The molecule has 2 amide bonds. The maximum absolute atomic E-state index is 13.9. The number of amides is 2. The van der Waals surface area contributed by atoms with Crippen LogP contribution in [-0.4, -0.2) is 49.2 Å². The summed E-state index contributed by atoms with van der Waals surface area (Å²) in [5.74, 6) is -0.736. The van der Waals surface area contributed by atoms with Gasteiger partial charge in [0, 0.05) is 18.3 Å². The molecular weight excluding hydrogens is 462 g/mol. The molecule has 0 unspecified atom stereocenters. The Labute approximate surface area is 208 Å². The highest BCUT2D eigenvalue weighted by atomic mass is 32.2. The molecule has 1 saturated heterocycles. The van der Waals surface area contributed by atoms with E-state index >= 15 is 0 Å². The molecule has 1 heterocycles. The molecule has 8 heteroatoms. The van der Waals surface area contributed by atoms with E-state index < -0.39 is 21.5 Å². The molecular formula is C27H35N3O4S. The average molecular weight is 498 g/mol. The van der Waals surface area contributed by atoms with Crippen molar-refractivity contribution < 1.29 is 18.0 Å². The number of nitrogens with one attached hydrogen (secondary N) is 1. The highest BCUT2D eigenvalue weighted by Crippen LogP contribution is 2.33. The van der Waals surface area contributed by atoms with Crippen LogP contribution in [0.1, 0.15) is 57.4 Å². The topological polar surface area (TPSA) is 86.8 Å². The van der Waals surface area contributed by atoms with Crippen molar-refractivity contribution in [3.8, 4) is 0 Å². The van der Waals surface area contributed by atoms with Crippen LogP contribution in [0.15, 0.2) is 59.5 Å². The van der Waals surface area contributed by atoms with E-state index in [0.29, 0.717) is 5.69 Å². The number of carbonyl (C=O) groups is 2. The Morgan fingerprint density at radius 2 is 1.54 bits per heavy atom. The van der Waals surface area contributed by atoms with Gasteiger partial charge in [0.1, 0.15) is 5.54 Å². The molecule has 1 aliphatic carbocycles. The lowest BCUT2D eigenvalue weighted by Crippen LogP contribution is -2.70. The van der Waals surface area contributed by atoms with Gasteiger partial charge in [-0.15, -0.1) is 0 Å². The van der Waals surface area contributed by atoms with E-state index in [2.05, 4.69) is 5.32 Å². The number of anilines is 1. The quantitative estimate of drug-likeness (QED) is 0.676. The molecule has 2 aromatic carbocycles. The van der Waals surface area contributed by atoms with Crippen molar-refractivity contribution in [3.05, 3.63) is 60.2 Å².